The van der Waals surface area contributed by atoms with Crippen LogP contribution in [-0.4, -0.2) is 55.0 Å². The molecule has 0 bridgehead atoms. The van der Waals surface area contributed by atoms with Crippen molar-refractivity contribution in [3.8, 4) is 0 Å². The number of sulfonamides is 1. The molecule has 0 aromatic rings. The second-order valence-corrected chi connectivity index (χ2v) is 8.29. The van der Waals surface area contributed by atoms with Crippen LogP contribution >= 0.6 is 0 Å². The van der Waals surface area contributed by atoms with Crippen LogP contribution in [0.5, 0.6) is 0 Å². The fourth-order valence-corrected chi connectivity index (χ4v) is 5.60. The summed E-state index contributed by atoms with van der Waals surface area (Å²) in [7, 11) is -3.16. The van der Waals surface area contributed by atoms with Crippen molar-refractivity contribution in [1.29, 1.82) is 0 Å². The van der Waals surface area contributed by atoms with Crippen LogP contribution in [-0.2, 0) is 14.8 Å². The summed E-state index contributed by atoms with van der Waals surface area (Å²) in [4.78, 5) is 13.2. The smallest absolute Gasteiger partial charge is 0.219 e. The summed E-state index contributed by atoms with van der Waals surface area (Å²) < 4.78 is 26.7. The molecule has 2 aliphatic heterocycles. The molecule has 0 spiro atoms. The number of rotatable bonds is 2. The third kappa shape index (κ3) is 2.94. The van der Waals surface area contributed by atoms with E-state index >= 15 is 0 Å². The largest absolute Gasteiger partial charge is 0.343 e. The van der Waals surface area contributed by atoms with Gasteiger partial charge in [-0.25, -0.2) is 12.7 Å². The molecule has 0 aromatic heterocycles. The zero-order chi connectivity index (χ0) is 14.2. The van der Waals surface area contributed by atoms with E-state index in [2.05, 4.69) is 0 Å². The van der Waals surface area contributed by atoms with E-state index in [1.165, 1.54) is 0 Å². The standard InChI is InChI=1S/C13H24N2O3S/c1-10(2)8-15-9-12-4-6-14(11(3)16)7-5-13(12)19(15,17)18/h10,12-13H,4-9H2,1-3H3/t12-,13-/m0/s1. The predicted molar refractivity (Wildman–Crippen MR) is 74.1 cm³/mol. The second kappa shape index (κ2) is 5.40. The van der Waals surface area contributed by atoms with Crippen LogP contribution in [0.1, 0.15) is 33.6 Å². The maximum atomic E-state index is 12.5. The van der Waals surface area contributed by atoms with Crippen LogP contribution in [0.25, 0.3) is 0 Å². The topological polar surface area (TPSA) is 57.7 Å². The first-order valence-electron chi connectivity index (χ1n) is 7.07. The summed E-state index contributed by atoms with van der Waals surface area (Å²) in [5.74, 6) is 0.593. The van der Waals surface area contributed by atoms with Gasteiger partial charge in [0.1, 0.15) is 0 Å². The molecule has 2 heterocycles. The van der Waals surface area contributed by atoms with Crippen molar-refractivity contribution in [3.63, 3.8) is 0 Å². The fraction of sp³-hybridized carbons (Fsp3) is 0.923. The van der Waals surface area contributed by atoms with E-state index in [1.54, 1.807) is 16.1 Å². The minimum atomic E-state index is -3.16. The molecule has 2 atom stereocenters. The van der Waals surface area contributed by atoms with Crippen molar-refractivity contribution in [3.05, 3.63) is 0 Å². The third-order valence-electron chi connectivity index (χ3n) is 4.17. The first-order valence-corrected chi connectivity index (χ1v) is 8.57. The number of likely N-dealkylation sites (tertiary alicyclic amines) is 1. The molecule has 2 aliphatic rings. The highest BCUT2D eigenvalue weighted by atomic mass is 32.2. The van der Waals surface area contributed by atoms with Crippen molar-refractivity contribution in [1.82, 2.24) is 9.21 Å². The minimum absolute atomic E-state index is 0.0522. The van der Waals surface area contributed by atoms with E-state index in [4.69, 9.17) is 0 Å². The summed E-state index contributed by atoms with van der Waals surface area (Å²) in [5, 5.41) is -0.282. The van der Waals surface area contributed by atoms with Crippen LogP contribution in [0.2, 0.25) is 0 Å². The van der Waals surface area contributed by atoms with Gasteiger partial charge >= 0.3 is 0 Å². The Hall–Kier alpha value is -0.620. The van der Waals surface area contributed by atoms with E-state index in [-0.39, 0.29) is 17.1 Å². The Balaban J connectivity index is 2.12. The lowest BCUT2D eigenvalue weighted by molar-refractivity contribution is -0.128. The van der Waals surface area contributed by atoms with Gasteiger partial charge < -0.3 is 4.90 Å². The quantitative estimate of drug-likeness (QED) is 0.759. The molecule has 1 amide bonds. The molecular weight excluding hydrogens is 264 g/mol. The van der Waals surface area contributed by atoms with Crippen LogP contribution in [0.3, 0.4) is 0 Å². The number of fused-ring (bicyclic) bond motifs is 1. The van der Waals surface area contributed by atoms with Gasteiger partial charge in [0.15, 0.2) is 0 Å². The first-order chi connectivity index (χ1) is 8.82. The number of hydrogen-bond donors (Lipinski definition) is 0. The van der Waals surface area contributed by atoms with E-state index < -0.39 is 10.0 Å². The van der Waals surface area contributed by atoms with Crippen molar-refractivity contribution >= 4 is 15.9 Å². The zero-order valence-electron chi connectivity index (χ0n) is 12.0. The van der Waals surface area contributed by atoms with Gasteiger partial charge in [0.25, 0.3) is 0 Å². The highest BCUT2D eigenvalue weighted by Gasteiger charge is 2.46. The molecule has 2 fully saturated rings. The Morgan fingerprint density at radius 1 is 1.26 bits per heavy atom. The van der Waals surface area contributed by atoms with E-state index in [0.717, 1.165) is 6.42 Å². The molecule has 0 aliphatic carbocycles. The minimum Gasteiger partial charge on any atom is -0.343 e. The van der Waals surface area contributed by atoms with Crippen molar-refractivity contribution < 1.29 is 13.2 Å². The Morgan fingerprint density at radius 3 is 2.47 bits per heavy atom. The van der Waals surface area contributed by atoms with E-state index in [1.807, 2.05) is 13.8 Å². The molecule has 0 saturated carbocycles. The highest BCUT2D eigenvalue weighted by molar-refractivity contribution is 7.90. The molecule has 0 radical (unpaired) electrons. The summed E-state index contributed by atoms with van der Waals surface area (Å²) >= 11 is 0. The second-order valence-electron chi connectivity index (χ2n) is 6.14. The highest BCUT2D eigenvalue weighted by Crippen LogP contribution is 2.34. The van der Waals surface area contributed by atoms with E-state index in [9.17, 15) is 13.2 Å². The normalized spacial score (nSPS) is 31.3. The average molecular weight is 288 g/mol. The monoisotopic (exact) mass is 288 g/mol. The Labute approximate surface area is 116 Å². The van der Waals surface area contributed by atoms with Gasteiger partial charge in [-0.15, -0.1) is 0 Å². The molecule has 19 heavy (non-hydrogen) atoms. The molecule has 2 saturated heterocycles. The fourth-order valence-electron chi connectivity index (χ4n) is 3.20. The SMILES string of the molecule is CC(=O)N1CC[C@H]2CN(CC(C)C)S(=O)(=O)[C@H]2CC1. The molecular formula is C13H24N2O3S. The Morgan fingerprint density at radius 2 is 1.89 bits per heavy atom. The number of carbonyl (C=O) groups is 1. The molecule has 0 N–H and O–H groups in total. The van der Waals surface area contributed by atoms with Gasteiger partial charge in [-0.3, -0.25) is 4.79 Å². The summed E-state index contributed by atoms with van der Waals surface area (Å²) in [5.41, 5.74) is 0. The van der Waals surface area contributed by atoms with Crippen molar-refractivity contribution in [2.24, 2.45) is 11.8 Å². The van der Waals surface area contributed by atoms with Gasteiger partial charge in [-0.2, -0.15) is 0 Å². The van der Waals surface area contributed by atoms with Crippen LogP contribution in [0.4, 0.5) is 0 Å². The lowest BCUT2D eigenvalue weighted by atomic mass is 10.0. The maximum Gasteiger partial charge on any atom is 0.219 e. The summed E-state index contributed by atoms with van der Waals surface area (Å²) in [6.07, 6.45) is 1.39. The Bertz CT molecular complexity index is 447. The summed E-state index contributed by atoms with van der Waals surface area (Å²) in [6, 6.07) is 0. The first kappa shape index (κ1) is 14.8. The van der Waals surface area contributed by atoms with Crippen molar-refractivity contribution in [2.75, 3.05) is 26.2 Å². The van der Waals surface area contributed by atoms with Crippen LogP contribution in [0.15, 0.2) is 0 Å². The number of amides is 1. The maximum absolute atomic E-state index is 12.5. The zero-order valence-corrected chi connectivity index (χ0v) is 12.8. The molecule has 6 heteroatoms. The lowest BCUT2D eigenvalue weighted by Gasteiger charge is -2.21. The van der Waals surface area contributed by atoms with Gasteiger partial charge in [0.2, 0.25) is 15.9 Å². The van der Waals surface area contributed by atoms with Gasteiger partial charge in [0.05, 0.1) is 5.25 Å². The summed E-state index contributed by atoms with van der Waals surface area (Å²) in [6.45, 7) is 8.17. The van der Waals surface area contributed by atoms with Gasteiger partial charge in [0, 0.05) is 33.1 Å². The van der Waals surface area contributed by atoms with Crippen LogP contribution < -0.4 is 0 Å². The predicted octanol–water partition coefficient (Wildman–Crippen LogP) is 0.915. The molecule has 110 valence electrons. The lowest BCUT2D eigenvalue weighted by Crippen LogP contribution is -2.35. The molecule has 0 aromatic carbocycles. The number of hydrogen-bond acceptors (Lipinski definition) is 3. The molecule has 2 rings (SSSR count). The third-order valence-corrected chi connectivity index (χ3v) is 6.58. The Kier molecular flexibility index (Phi) is 4.20. The van der Waals surface area contributed by atoms with E-state index in [0.29, 0.717) is 38.5 Å². The molecule has 5 nitrogen and oxygen atoms in total. The van der Waals surface area contributed by atoms with Crippen LogP contribution in [0, 0.1) is 11.8 Å². The van der Waals surface area contributed by atoms with Gasteiger partial charge in [-0.05, 0) is 24.7 Å². The average Bonchev–Trinajstić information content (AvgIpc) is 2.48. The van der Waals surface area contributed by atoms with Crippen molar-refractivity contribution in [2.45, 2.75) is 38.9 Å². The number of carbonyl (C=O) groups excluding carboxylic acids is 1. The number of nitrogens with zero attached hydrogens (tertiary/aromatic N) is 2. The van der Waals surface area contributed by atoms with Gasteiger partial charge in [-0.1, -0.05) is 13.8 Å². The molecule has 0 unspecified atom stereocenters.